The van der Waals surface area contributed by atoms with Crippen molar-refractivity contribution >= 4 is 40.9 Å². The molecule has 0 aliphatic rings. The van der Waals surface area contributed by atoms with Crippen LogP contribution in [0, 0.1) is 0 Å². The van der Waals surface area contributed by atoms with Gasteiger partial charge in [0.25, 0.3) is 0 Å². The van der Waals surface area contributed by atoms with Crippen LogP contribution in [0.4, 0.5) is 0 Å². The van der Waals surface area contributed by atoms with Gasteiger partial charge in [-0.05, 0) is 34.9 Å². The Labute approximate surface area is 222 Å². The normalized spacial score (nSPS) is 10.9. The van der Waals surface area contributed by atoms with Crippen molar-refractivity contribution in [2.75, 3.05) is 27.9 Å². The minimum Gasteiger partial charge on any atom is -0.492 e. The number of rotatable bonds is 10. The lowest BCUT2D eigenvalue weighted by Gasteiger charge is -2.28. The van der Waals surface area contributed by atoms with E-state index in [0.717, 1.165) is 15.9 Å². The van der Waals surface area contributed by atoms with Gasteiger partial charge in [-0.3, -0.25) is 4.79 Å². The van der Waals surface area contributed by atoms with Crippen molar-refractivity contribution in [3.05, 3.63) is 108 Å². The van der Waals surface area contributed by atoms with Crippen molar-refractivity contribution in [2.24, 2.45) is 0 Å². The Morgan fingerprint density at radius 1 is 0.684 bits per heavy atom. The summed E-state index contributed by atoms with van der Waals surface area (Å²) in [7, 11) is 4.18. The minimum absolute atomic E-state index is 0.210. The maximum absolute atomic E-state index is 14.2. The van der Waals surface area contributed by atoms with Gasteiger partial charge < -0.3 is 18.9 Å². The van der Waals surface area contributed by atoms with Crippen LogP contribution in [0.15, 0.2) is 97.1 Å². The molecule has 4 rings (SSSR count). The first-order valence-corrected chi connectivity index (χ1v) is 13.9. The molecule has 7 heteroatoms. The molecule has 0 aromatic heterocycles. The number of methoxy groups -OCH3 is 3. The van der Waals surface area contributed by atoms with Gasteiger partial charge in [-0.25, -0.2) is 4.79 Å². The number of benzene rings is 4. The summed E-state index contributed by atoms with van der Waals surface area (Å²) in [6, 6.07) is 30.9. The molecule has 0 heterocycles. The predicted molar refractivity (Wildman–Crippen MR) is 153 cm³/mol. The van der Waals surface area contributed by atoms with Crippen LogP contribution in [-0.4, -0.2) is 46.0 Å². The first-order valence-electron chi connectivity index (χ1n) is 11.9. The summed E-state index contributed by atoms with van der Waals surface area (Å²) in [6.45, 7) is -2.75. The highest BCUT2D eigenvalue weighted by Gasteiger charge is 2.29. The molecular formula is C31H29O6P. The lowest BCUT2D eigenvalue weighted by Crippen LogP contribution is -2.29. The van der Waals surface area contributed by atoms with E-state index in [4.69, 9.17) is 20.5 Å². The number of carbonyl (C=O) groups excluding carboxylic acids is 2. The zero-order valence-corrected chi connectivity index (χ0v) is 22.4. The standard InChI is InChI=1S/C31H29O6P/c1-34-28(32)21-37-26-20-19-25(30(35-2)31(26)36-3)29(33)24-17-11-12-18-27(24)38(4,22-13-7-5-8-14-22)23-15-9-6-10-16-23/h5-20H,4,21H2,1-3H3. The van der Waals surface area contributed by atoms with Crippen molar-refractivity contribution in [2.45, 2.75) is 0 Å². The number of ether oxygens (including phenoxy) is 4. The monoisotopic (exact) mass is 528 g/mol. The molecule has 0 unspecified atom stereocenters. The molecule has 0 saturated heterocycles. The largest absolute Gasteiger partial charge is 0.492 e. The second kappa shape index (κ2) is 11.8. The fraction of sp³-hybridized carbons (Fsp3) is 0.129. The summed E-state index contributed by atoms with van der Waals surface area (Å²) in [4.78, 5) is 25.8. The molecule has 0 bridgehead atoms. The van der Waals surface area contributed by atoms with Gasteiger partial charge in [0.15, 0.2) is 23.9 Å². The van der Waals surface area contributed by atoms with E-state index < -0.39 is 12.9 Å². The van der Waals surface area contributed by atoms with Crippen LogP contribution in [0.1, 0.15) is 15.9 Å². The molecule has 6 nitrogen and oxygen atoms in total. The highest BCUT2D eigenvalue weighted by Crippen LogP contribution is 2.45. The van der Waals surface area contributed by atoms with E-state index in [1.807, 2.05) is 60.7 Å². The fourth-order valence-corrected chi connectivity index (χ4v) is 7.51. The molecule has 4 aromatic rings. The van der Waals surface area contributed by atoms with Gasteiger partial charge in [0, 0.05) is 5.56 Å². The highest BCUT2D eigenvalue weighted by atomic mass is 31.2. The van der Waals surface area contributed by atoms with Crippen LogP contribution >= 0.6 is 6.89 Å². The Bertz CT molecular complexity index is 1440. The third kappa shape index (κ3) is 5.09. The van der Waals surface area contributed by atoms with Gasteiger partial charge in [0.05, 0.1) is 26.9 Å². The average molecular weight is 529 g/mol. The average Bonchev–Trinajstić information content (AvgIpc) is 2.99. The van der Waals surface area contributed by atoms with Gasteiger partial charge in [0.2, 0.25) is 5.75 Å². The summed E-state index contributed by atoms with van der Waals surface area (Å²) in [5.41, 5.74) is 0.821. The van der Waals surface area contributed by atoms with E-state index in [1.54, 1.807) is 12.1 Å². The number of carbonyl (C=O) groups is 2. The lowest BCUT2D eigenvalue weighted by atomic mass is 10.0. The van der Waals surface area contributed by atoms with Crippen LogP contribution in [0.5, 0.6) is 17.2 Å². The van der Waals surface area contributed by atoms with Gasteiger partial charge >= 0.3 is 5.97 Å². The third-order valence-corrected chi connectivity index (χ3v) is 9.83. The molecule has 0 N–H and O–H groups in total. The zero-order chi connectivity index (χ0) is 27.1. The van der Waals surface area contributed by atoms with Gasteiger partial charge in [0.1, 0.15) is 0 Å². The summed E-state index contributed by atoms with van der Waals surface area (Å²) in [6.07, 6.45) is 4.80. The number of hydrogen-bond donors (Lipinski definition) is 0. The molecule has 0 amide bonds. The van der Waals surface area contributed by atoms with E-state index in [2.05, 4.69) is 29.0 Å². The van der Waals surface area contributed by atoms with Crippen molar-refractivity contribution in [3.63, 3.8) is 0 Å². The number of esters is 1. The lowest BCUT2D eigenvalue weighted by molar-refractivity contribution is -0.142. The summed E-state index contributed by atoms with van der Waals surface area (Å²) in [5.74, 6) is -0.108. The quantitative estimate of drug-likeness (QED) is 0.175. The van der Waals surface area contributed by atoms with Gasteiger partial charge in [-0.15, -0.1) is 0 Å². The smallest absolute Gasteiger partial charge is 0.343 e. The van der Waals surface area contributed by atoms with Crippen molar-refractivity contribution in [1.82, 2.24) is 0 Å². The van der Waals surface area contributed by atoms with Crippen molar-refractivity contribution in [1.29, 1.82) is 0 Å². The van der Waals surface area contributed by atoms with Crippen molar-refractivity contribution < 1.29 is 28.5 Å². The molecule has 0 radical (unpaired) electrons. The van der Waals surface area contributed by atoms with E-state index >= 15 is 0 Å². The number of hydrogen-bond acceptors (Lipinski definition) is 6. The topological polar surface area (TPSA) is 71.1 Å². The second-order valence-corrected chi connectivity index (χ2v) is 11.5. The first kappa shape index (κ1) is 26.8. The Kier molecular flexibility index (Phi) is 8.35. The molecule has 38 heavy (non-hydrogen) atoms. The van der Waals surface area contributed by atoms with Crippen LogP contribution in [-0.2, 0) is 9.53 Å². The van der Waals surface area contributed by atoms with E-state index in [0.29, 0.717) is 11.1 Å². The van der Waals surface area contributed by atoms with Crippen LogP contribution in [0.3, 0.4) is 0 Å². The third-order valence-electron chi connectivity index (χ3n) is 6.26. The summed E-state index contributed by atoms with van der Waals surface area (Å²) < 4.78 is 21.4. The Hall–Kier alpha value is -4.28. The van der Waals surface area contributed by atoms with Crippen LogP contribution in [0.2, 0.25) is 0 Å². The van der Waals surface area contributed by atoms with E-state index in [-0.39, 0.29) is 29.6 Å². The molecule has 0 atom stereocenters. The Morgan fingerprint density at radius 2 is 1.24 bits per heavy atom. The predicted octanol–water partition coefficient (Wildman–Crippen LogP) is 4.21. The SMILES string of the molecule is C=P(c1ccccc1)(c1ccccc1)c1ccccc1C(=O)c1ccc(OCC(=O)OC)c(OC)c1OC. The first-order chi connectivity index (χ1) is 18.4. The van der Waals surface area contributed by atoms with Crippen LogP contribution < -0.4 is 30.1 Å². The van der Waals surface area contributed by atoms with Crippen molar-refractivity contribution in [3.8, 4) is 17.2 Å². The summed E-state index contributed by atoms with van der Waals surface area (Å²) in [5, 5.41) is 2.97. The Balaban J connectivity index is 1.87. The molecule has 0 spiro atoms. The highest BCUT2D eigenvalue weighted by molar-refractivity contribution is 7.93. The molecular weight excluding hydrogens is 499 g/mol. The molecule has 0 aliphatic carbocycles. The Morgan fingerprint density at radius 3 is 1.79 bits per heavy atom. The molecule has 4 aromatic carbocycles. The molecule has 0 aliphatic heterocycles. The molecule has 0 fully saturated rings. The van der Waals surface area contributed by atoms with Gasteiger partial charge in [-0.2, -0.15) is 0 Å². The van der Waals surface area contributed by atoms with E-state index in [9.17, 15) is 9.59 Å². The van der Waals surface area contributed by atoms with E-state index in [1.165, 1.54) is 21.3 Å². The zero-order valence-electron chi connectivity index (χ0n) is 21.5. The van der Waals surface area contributed by atoms with Gasteiger partial charge in [-0.1, -0.05) is 91.2 Å². The molecule has 0 saturated carbocycles. The fourth-order valence-electron chi connectivity index (χ4n) is 4.36. The maximum Gasteiger partial charge on any atom is 0.343 e. The minimum atomic E-state index is -2.43. The maximum atomic E-state index is 14.2. The number of ketones is 1. The summed E-state index contributed by atoms with van der Waals surface area (Å²) >= 11 is 0. The van der Waals surface area contributed by atoms with Crippen LogP contribution in [0.25, 0.3) is 0 Å². The second-order valence-electron chi connectivity index (χ2n) is 8.37. The molecule has 194 valence electrons.